The summed E-state index contributed by atoms with van der Waals surface area (Å²) in [7, 11) is 0. The zero-order chi connectivity index (χ0) is 23.4. The highest BCUT2D eigenvalue weighted by molar-refractivity contribution is 7.99. The maximum absolute atomic E-state index is 12.4. The number of carboxylic acids is 2. The van der Waals surface area contributed by atoms with E-state index in [0.717, 1.165) is 0 Å². The molecule has 1 atom stereocenters. The Kier molecular flexibility index (Phi) is 7.73. The lowest BCUT2D eigenvalue weighted by atomic mass is 10.0. The molecule has 1 aromatic heterocycles. The van der Waals surface area contributed by atoms with E-state index in [0.29, 0.717) is 46.6 Å². The van der Waals surface area contributed by atoms with Crippen molar-refractivity contribution in [3.63, 3.8) is 0 Å². The molecule has 3 rings (SSSR count). The molecule has 0 bridgehead atoms. The van der Waals surface area contributed by atoms with Crippen LogP contribution >= 0.6 is 23.4 Å². The van der Waals surface area contributed by atoms with Gasteiger partial charge in [0.25, 0.3) is 0 Å². The van der Waals surface area contributed by atoms with Gasteiger partial charge in [0.2, 0.25) is 0 Å². The topological polar surface area (TPSA) is 115 Å². The van der Waals surface area contributed by atoms with E-state index in [2.05, 4.69) is 0 Å². The van der Waals surface area contributed by atoms with Crippen molar-refractivity contribution < 1.29 is 29.3 Å². The molecule has 1 aromatic carbocycles. The number of carbonyl (C=O) groups is 2. The van der Waals surface area contributed by atoms with Crippen molar-refractivity contribution in [3.8, 4) is 22.8 Å². The van der Waals surface area contributed by atoms with Gasteiger partial charge in [-0.1, -0.05) is 25.4 Å². The molecule has 1 aliphatic rings. The normalized spacial score (nSPS) is 14.8. The summed E-state index contributed by atoms with van der Waals surface area (Å²) < 4.78 is 13.6. The quantitative estimate of drug-likeness (QED) is 0.515. The van der Waals surface area contributed by atoms with E-state index in [1.807, 2.05) is 13.8 Å². The average molecular weight is 482 g/mol. The molecule has 0 radical (unpaired) electrons. The second-order valence-electron chi connectivity index (χ2n) is 7.70. The third-order valence-electron chi connectivity index (χ3n) is 5.07. The van der Waals surface area contributed by atoms with Crippen molar-refractivity contribution in [1.82, 2.24) is 4.57 Å². The average Bonchev–Trinajstić information content (AvgIpc) is 2.86. The van der Waals surface area contributed by atoms with Crippen LogP contribution in [0, 0.1) is 5.92 Å². The highest BCUT2D eigenvalue weighted by Gasteiger charge is 2.28. The summed E-state index contributed by atoms with van der Waals surface area (Å²) in [6, 6.07) is 4.44. The monoisotopic (exact) mass is 481 g/mol. The Labute approximate surface area is 194 Å². The molecule has 0 spiro atoms. The smallest absolute Gasteiger partial charge is 0.341 e. The van der Waals surface area contributed by atoms with Gasteiger partial charge in [0.15, 0.2) is 5.43 Å². The first kappa shape index (κ1) is 24.0. The maximum atomic E-state index is 12.4. The summed E-state index contributed by atoms with van der Waals surface area (Å²) in [6.45, 7) is 4.64. The zero-order valence-corrected chi connectivity index (χ0v) is 19.2. The van der Waals surface area contributed by atoms with E-state index in [9.17, 15) is 19.5 Å². The van der Waals surface area contributed by atoms with Crippen molar-refractivity contribution in [2.45, 2.75) is 26.3 Å². The molecule has 2 heterocycles. The zero-order valence-electron chi connectivity index (χ0n) is 17.7. The first-order valence-corrected chi connectivity index (χ1v) is 11.6. The number of pyridine rings is 1. The molecule has 0 unspecified atom stereocenters. The molecule has 2 aromatic rings. The van der Waals surface area contributed by atoms with Crippen LogP contribution in [0.25, 0.3) is 11.3 Å². The number of fused-ring (bicyclic) bond motifs is 3. The third kappa shape index (κ3) is 5.39. The molecule has 10 heteroatoms. The van der Waals surface area contributed by atoms with Gasteiger partial charge in [-0.2, -0.15) is 11.8 Å². The molecule has 0 saturated heterocycles. The molecule has 172 valence electrons. The lowest BCUT2D eigenvalue weighted by Gasteiger charge is -2.24. The second kappa shape index (κ2) is 10.3. The lowest BCUT2D eigenvalue weighted by molar-refractivity contribution is -0.133. The van der Waals surface area contributed by atoms with Crippen LogP contribution in [0.5, 0.6) is 11.5 Å². The van der Waals surface area contributed by atoms with Gasteiger partial charge >= 0.3 is 11.9 Å². The van der Waals surface area contributed by atoms with E-state index in [-0.39, 0.29) is 29.9 Å². The minimum Gasteiger partial charge on any atom is -0.492 e. The fourth-order valence-corrected chi connectivity index (χ4v) is 4.30. The van der Waals surface area contributed by atoms with Crippen molar-refractivity contribution in [2.75, 3.05) is 24.7 Å². The highest BCUT2D eigenvalue weighted by atomic mass is 35.5. The molecule has 0 saturated carbocycles. The van der Waals surface area contributed by atoms with E-state index < -0.39 is 17.4 Å². The van der Waals surface area contributed by atoms with Crippen molar-refractivity contribution in [2.24, 2.45) is 5.92 Å². The highest BCUT2D eigenvalue weighted by Crippen LogP contribution is 2.42. The van der Waals surface area contributed by atoms with Crippen molar-refractivity contribution in [3.05, 3.63) is 45.2 Å². The lowest BCUT2D eigenvalue weighted by Crippen LogP contribution is -2.25. The van der Waals surface area contributed by atoms with Crippen LogP contribution in [0.15, 0.2) is 29.2 Å². The minimum absolute atomic E-state index is 0.0484. The van der Waals surface area contributed by atoms with Gasteiger partial charge in [-0.25, -0.2) is 4.79 Å². The Morgan fingerprint density at radius 1 is 1.31 bits per heavy atom. The Balaban J connectivity index is 1.91. The Morgan fingerprint density at radius 2 is 2.06 bits per heavy atom. The van der Waals surface area contributed by atoms with Crippen LogP contribution in [0.4, 0.5) is 0 Å². The molecule has 0 aliphatic carbocycles. The van der Waals surface area contributed by atoms with Crippen molar-refractivity contribution in [1.29, 1.82) is 0 Å². The molecule has 1 aliphatic heterocycles. The number of nitrogens with zero attached hydrogens (tertiary/aromatic N) is 1. The van der Waals surface area contributed by atoms with Gasteiger partial charge in [0, 0.05) is 23.9 Å². The van der Waals surface area contributed by atoms with Crippen molar-refractivity contribution >= 4 is 35.3 Å². The van der Waals surface area contributed by atoms with Gasteiger partial charge in [-0.3, -0.25) is 9.59 Å². The predicted molar refractivity (Wildman–Crippen MR) is 123 cm³/mol. The van der Waals surface area contributed by atoms with Gasteiger partial charge in [0.1, 0.15) is 23.7 Å². The first-order chi connectivity index (χ1) is 15.2. The molecule has 32 heavy (non-hydrogen) atoms. The fourth-order valence-electron chi connectivity index (χ4n) is 3.44. The number of hydrogen-bond donors (Lipinski definition) is 2. The van der Waals surface area contributed by atoms with Gasteiger partial charge < -0.3 is 24.3 Å². The van der Waals surface area contributed by atoms with E-state index in [1.165, 1.54) is 24.0 Å². The van der Waals surface area contributed by atoms with Crippen LogP contribution in [0.2, 0.25) is 5.02 Å². The number of aliphatic carboxylic acids is 1. The number of hydrogen-bond acceptors (Lipinski definition) is 6. The third-order valence-corrected chi connectivity index (χ3v) is 6.40. The predicted octanol–water partition coefficient (Wildman–Crippen LogP) is 4.04. The summed E-state index contributed by atoms with van der Waals surface area (Å²) in [4.78, 5) is 34.5. The largest absolute Gasteiger partial charge is 0.492 e. The van der Waals surface area contributed by atoms with Crippen LogP contribution in [-0.4, -0.2) is 51.4 Å². The number of rotatable bonds is 9. The Morgan fingerprint density at radius 3 is 2.72 bits per heavy atom. The maximum Gasteiger partial charge on any atom is 0.341 e. The minimum atomic E-state index is -1.28. The van der Waals surface area contributed by atoms with Gasteiger partial charge in [0.05, 0.1) is 29.1 Å². The van der Waals surface area contributed by atoms with E-state index in [1.54, 1.807) is 16.7 Å². The SMILES string of the molecule is CC(C)[C@@H]1COc2cc(OCCCSCC(=O)O)c(Cl)cc2-c2cc(=O)c(C(=O)O)cn21. The van der Waals surface area contributed by atoms with E-state index in [4.69, 9.17) is 26.2 Å². The van der Waals surface area contributed by atoms with Crippen LogP contribution < -0.4 is 14.9 Å². The molecule has 8 nitrogen and oxygen atoms in total. The summed E-state index contributed by atoms with van der Waals surface area (Å²) in [5.41, 5.74) is 0.227. The number of carboxylic acid groups (broad SMARTS) is 2. The van der Waals surface area contributed by atoms with Gasteiger partial charge in [-0.05, 0) is 24.2 Å². The van der Waals surface area contributed by atoms with Gasteiger partial charge in [-0.15, -0.1) is 0 Å². The molecule has 2 N–H and O–H groups in total. The molecular weight excluding hydrogens is 458 g/mol. The number of thioether (sulfide) groups is 1. The Bertz CT molecular complexity index is 1080. The summed E-state index contributed by atoms with van der Waals surface area (Å²) in [5, 5.41) is 18.4. The number of ether oxygens (including phenoxy) is 2. The fraction of sp³-hybridized carbons (Fsp3) is 0.409. The standard InChI is InChI=1S/C22H24ClNO7S/c1-12(2)17-10-31-19-8-20(30-4-3-5-32-11-21(26)27)15(23)6-13(19)16-7-18(25)14(22(28)29)9-24(16)17/h6-9,12,17H,3-5,10-11H2,1-2H3,(H,26,27)(H,28,29)/t17-/m0/s1. The Hall–Kier alpha value is -2.65. The molecule has 0 amide bonds. The van der Waals surface area contributed by atoms with Crippen LogP contribution in [0.3, 0.4) is 0 Å². The summed E-state index contributed by atoms with van der Waals surface area (Å²) in [5.74, 6) is -0.410. The number of aromatic carboxylic acids is 1. The molecular formula is C22H24ClNO7S. The first-order valence-electron chi connectivity index (χ1n) is 10.1. The van der Waals surface area contributed by atoms with Crippen LogP contribution in [0.1, 0.15) is 36.7 Å². The number of halogens is 1. The molecule has 0 fully saturated rings. The summed E-state index contributed by atoms with van der Waals surface area (Å²) >= 11 is 7.75. The number of aromatic nitrogens is 1. The number of benzene rings is 1. The summed E-state index contributed by atoms with van der Waals surface area (Å²) in [6.07, 6.45) is 2.02. The van der Waals surface area contributed by atoms with Crippen LogP contribution in [-0.2, 0) is 4.79 Å². The van der Waals surface area contributed by atoms with E-state index >= 15 is 0 Å². The second-order valence-corrected chi connectivity index (χ2v) is 9.21.